The van der Waals surface area contributed by atoms with Crippen molar-refractivity contribution in [3.63, 3.8) is 0 Å². The molecule has 1 fully saturated rings. The molecule has 0 spiro atoms. The second-order valence-corrected chi connectivity index (χ2v) is 5.20. The Labute approximate surface area is 94.6 Å². The first kappa shape index (κ1) is 12.9. The van der Waals surface area contributed by atoms with E-state index in [1.807, 2.05) is 0 Å². The van der Waals surface area contributed by atoms with E-state index in [0.717, 1.165) is 6.42 Å². The van der Waals surface area contributed by atoms with Crippen molar-refractivity contribution in [1.82, 2.24) is 9.80 Å². The molecular formula is C12H27N3. The van der Waals surface area contributed by atoms with Crippen LogP contribution in [0.5, 0.6) is 0 Å². The smallest absolute Gasteiger partial charge is 0.0109 e. The van der Waals surface area contributed by atoms with Crippen molar-refractivity contribution in [2.45, 2.75) is 32.7 Å². The molecule has 3 nitrogen and oxygen atoms in total. The Bertz CT molecular complexity index is 170. The number of nitrogens with two attached hydrogens (primary N) is 1. The summed E-state index contributed by atoms with van der Waals surface area (Å²) in [6.07, 6.45) is 2.44. The molecule has 0 aromatic rings. The minimum Gasteiger partial charge on any atom is -0.327 e. The van der Waals surface area contributed by atoms with Gasteiger partial charge in [-0.25, -0.2) is 0 Å². The van der Waals surface area contributed by atoms with Gasteiger partial charge in [0.1, 0.15) is 0 Å². The van der Waals surface area contributed by atoms with E-state index in [4.69, 9.17) is 5.73 Å². The molecule has 0 aromatic carbocycles. The molecule has 0 saturated carbocycles. The minimum atomic E-state index is 0.367. The quantitative estimate of drug-likeness (QED) is 0.756. The van der Waals surface area contributed by atoms with Gasteiger partial charge in [-0.05, 0) is 45.4 Å². The highest BCUT2D eigenvalue weighted by Crippen LogP contribution is 2.06. The number of hydrogen-bond donors (Lipinski definition) is 1. The van der Waals surface area contributed by atoms with E-state index < -0.39 is 0 Å². The van der Waals surface area contributed by atoms with Crippen molar-refractivity contribution in [3.05, 3.63) is 0 Å². The van der Waals surface area contributed by atoms with Crippen LogP contribution in [0.25, 0.3) is 0 Å². The van der Waals surface area contributed by atoms with Crippen molar-refractivity contribution in [1.29, 1.82) is 0 Å². The van der Waals surface area contributed by atoms with E-state index in [1.54, 1.807) is 0 Å². The molecule has 15 heavy (non-hydrogen) atoms. The van der Waals surface area contributed by atoms with E-state index in [2.05, 4.69) is 30.7 Å². The summed E-state index contributed by atoms with van der Waals surface area (Å²) in [5.74, 6) is 0.611. The topological polar surface area (TPSA) is 32.5 Å². The molecule has 1 aliphatic heterocycles. The predicted octanol–water partition coefficient (Wildman–Crippen LogP) is 0.997. The molecule has 0 bridgehead atoms. The molecule has 2 N–H and O–H groups in total. The van der Waals surface area contributed by atoms with Crippen molar-refractivity contribution in [2.75, 3.05) is 39.8 Å². The summed E-state index contributed by atoms with van der Waals surface area (Å²) < 4.78 is 0. The molecule has 1 atom stereocenters. The summed E-state index contributed by atoms with van der Waals surface area (Å²) in [6, 6.07) is 0.367. The minimum absolute atomic E-state index is 0.367. The third-order valence-corrected chi connectivity index (χ3v) is 3.45. The molecule has 0 aliphatic carbocycles. The zero-order chi connectivity index (χ0) is 11.3. The van der Waals surface area contributed by atoms with Crippen molar-refractivity contribution in [3.8, 4) is 0 Å². The van der Waals surface area contributed by atoms with Crippen molar-refractivity contribution < 1.29 is 0 Å². The standard InChI is InChI=1S/C12H27N3/c1-11(2)12(13)5-8-15-7-4-6-14(3)9-10-15/h11-12H,4-10,13H2,1-3H3. The summed E-state index contributed by atoms with van der Waals surface area (Å²) >= 11 is 0. The van der Waals surface area contributed by atoms with Crippen LogP contribution in [0.4, 0.5) is 0 Å². The Morgan fingerprint density at radius 1 is 1.13 bits per heavy atom. The van der Waals surface area contributed by atoms with Crippen molar-refractivity contribution >= 4 is 0 Å². The maximum Gasteiger partial charge on any atom is 0.0109 e. The average Bonchev–Trinajstić information content (AvgIpc) is 2.39. The first-order valence-electron chi connectivity index (χ1n) is 6.26. The van der Waals surface area contributed by atoms with Crippen molar-refractivity contribution in [2.24, 2.45) is 11.7 Å². The van der Waals surface area contributed by atoms with E-state index >= 15 is 0 Å². The second-order valence-electron chi connectivity index (χ2n) is 5.20. The summed E-state index contributed by atoms with van der Waals surface area (Å²) in [5.41, 5.74) is 6.06. The van der Waals surface area contributed by atoms with Gasteiger partial charge >= 0.3 is 0 Å². The van der Waals surface area contributed by atoms with Crippen LogP contribution >= 0.6 is 0 Å². The first-order valence-corrected chi connectivity index (χ1v) is 6.26. The summed E-state index contributed by atoms with van der Waals surface area (Å²) in [7, 11) is 2.21. The monoisotopic (exact) mass is 213 g/mol. The molecule has 1 unspecified atom stereocenters. The van der Waals surface area contributed by atoms with Gasteiger partial charge in [0.05, 0.1) is 0 Å². The van der Waals surface area contributed by atoms with E-state index in [0.29, 0.717) is 12.0 Å². The lowest BCUT2D eigenvalue weighted by atomic mass is 10.0. The first-order chi connectivity index (χ1) is 7.09. The number of rotatable bonds is 4. The highest BCUT2D eigenvalue weighted by Gasteiger charge is 2.14. The van der Waals surface area contributed by atoms with Crippen LogP contribution < -0.4 is 5.73 Å². The van der Waals surface area contributed by atoms with Crippen LogP contribution in [0, 0.1) is 5.92 Å². The zero-order valence-electron chi connectivity index (χ0n) is 10.6. The van der Waals surface area contributed by atoms with Crippen LogP contribution in [-0.2, 0) is 0 Å². The van der Waals surface area contributed by atoms with Crippen LogP contribution in [0.15, 0.2) is 0 Å². The molecule has 1 rings (SSSR count). The van der Waals surface area contributed by atoms with Crippen LogP contribution in [0.3, 0.4) is 0 Å². The SMILES string of the molecule is CC(C)C(N)CCN1CCCN(C)CC1. The second kappa shape index (κ2) is 6.46. The maximum atomic E-state index is 6.06. The van der Waals surface area contributed by atoms with Gasteiger partial charge in [0.15, 0.2) is 0 Å². The lowest BCUT2D eigenvalue weighted by molar-refractivity contribution is 0.258. The number of nitrogens with zero attached hydrogens (tertiary/aromatic N) is 2. The lowest BCUT2D eigenvalue weighted by Crippen LogP contribution is -2.35. The van der Waals surface area contributed by atoms with Gasteiger partial charge in [0, 0.05) is 19.1 Å². The highest BCUT2D eigenvalue weighted by molar-refractivity contribution is 4.71. The predicted molar refractivity (Wildman–Crippen MR) is 66.0 cm³/mol. The number of likely N-dealkylation sites (N-methyl/N-ethyl adjacent to an activating group) is 1. The molecule has 1 saturated heterocycles. The largest absolute Gasteiger partial charge is 0.327 e. The number of hydrogen-bond acceptors (Lipinski definition) is 3. The summed E-state index contributed by atoms with van der Waals surface area (Å²) in [4.78, 5) is 4.98. The molecule has 1 heterocycles. The van der Waals surface area contributed by atoms with Gasteiger partial charge in [-0.2, -0.15) is 0 Å². The Morgan fingerprint density at radius 2 is 1.87 bits per heavy atom. The fourth-order valence-corrected chi connectivity index (χ4v) is 1.99. The molecule has 0 radical (unpaired) electrons. The van der Waals surface area contributed by atoms with Crippen LogP contribution in [-0.4, -0.2) is 55.6 Å². The van der Waals surface area contributed by atoms with Gasteiger partial charge < -0.3 is 15.5 Å². The van der Waals surface area contributed by atoms with Gasteiger partial charge in [-0.1, -0.05) is 13.8 Å². The Hall–Kier alpha value is -0.120. The molecule has 90 valence electrons. The van der Waals surface area contributed by atoms with Gasteiger partial charge in [-0.3, -0.25) is 0 Å². The molecule has 1 aliphatic rings. The normalized spacial score (nSPS) is 23.0. The van der Waals surface area contributed by atoms with E-state index in [-0.39, 0.29) is 0 Å². The zero-order valence-corrected chi connectivity index (χ0v) is 10.6. The third-order valence-electron chi connectivity index (χ3n) is 3.45. The summed E-state index contributed by atoms with van der Waals surface area (Å²) in [6.45, 7) is 10.5. The Morgan fingerprint density at radius 3 is 2.53 bits per heavy atom. The van der Waals surface area contributed by atoms with Gasteiger partial charge in [0.25, 0.3) is 0 Å². The molecule has 0 amide bonds. The molecule has 0 aromatic heterocycles. The third kappa shape index (κ3) is 4.96. The molecule has 3 heteroatoms. The fraction of sp³-hybridized carbons (Fsp3) is 1.00. The van der Waals surface area contributed by atoms with E-state index in [9.17, 15) is 0 Å². The highest BCUT2D eigenvalue weighted by atomic mass is 15.2. The van der Waals surface area contributed by atoms with Gasteiger partial charge in [-0.15, -0.1) is 0 Å². The van der Waals surface area contributed by atoms with Crippen LogP contribution in [0.2, 0.25) is 0 Å². The fourth-order valence-electron chi connectivity index (χ4n) is 1.99. The van der Waals surface area contributed by atoms with Gasteiger partial charge in [0.2, 0.25) is 0 Å². The Kier molecular flexibility index (Phi) is 5.58. The molecular weight excluding hydrogens is 186 g/mol. The van der Waals surface area contributed by atoms with Crippen LogP contribution in [0.1, 0.15) is 26.7 Å². The maximum absolute atomic E-state index is 6.06. The van der Waals surface area contributed by atoms with E-state index in [1.165, 1.54) is 39.1 Å². The Balaban J connectivity index is 2.20. The summed E-state index contributed by atoms with van der Waals surface area (Å²) in [5, 5.41) is 0. The average molecular weight is 213 g/mol. The lowest BCUT2D eigenvalue weighted by Gasteiger charge is -2.23.